The molecule has 2 unspecified atom stereocenters. The topological polar surface area (TPSA) is 33.3 Å². The van der Waals surface area contributed by atoms with Crippen molar-refractivity contribution < 1.29 is 4.74 Å². The molecule has 2 N–H and O–H groups in total. The third-order valence-electron chi connectivity index (χ3n) is 4.06. The molecule has 3 rings (SSSR count). The Kier molecular flexibility index (Phi) is 2.26. The van der Waals surface area contributed by atoms with Crippen LogP contribution in [0.3, 0.4) is 0 Å². The minimum atomic E-state index is 0.0384. The maximum absolute atomic E-state index is 6.29. The fraction of sp³-hybridized carbons (Fsp3) is 1.00. The zero-order valence-corrected chi connectivity index (χ0v) is 8.72. The highest BCUT2D eigenvalue weighted by Crippen LogP contribution is 2.36. The van der Waals surface area contributed by atoms with E-state index in [1.54, 1.807) is 0 Å². The van der Waals surface area contributed by atoms with Crippen LogP contribution in [0.2, 0.25) is 0 Å². The summed E-state index contributed by atoms with van der Waals surface area (Å²) < 4.78 is 6.29. The van der Waals surface area contributed by atoms with Crippen molar-refractivity contribution >= 4 is 0 Å². The van der Waals surface area contributed by atoms with Crippen molar-refractivity contribution in [2.45, 2.75) is 43.9 Å². The average molecular weight is 196 g/mol. The Morgan fingerprint density at radius 2 is 2.00 bits per heavy atom. The largest absolute Gasteiger partial charge is 0.357 e. The highest BCUT2D eigenvalue weighted by Gasteiger charge is 2.43. The lowest BCUT2D eigenvalue weighted by Crippen LogP contribution is -2.61. The van der Waals surface area contributed by atoms with Gasteiger partial charge >= 0.3 is 0 Å². The molecule has 1 aliphatic carbocycles. The van der Waals surface area contributed by atoms with E-state index in [4.69, 9.17) is 4.74 Å². The summed E-state index contributed by atoms with van der Waals surface area (Å²) in [5, 5.41) is 7.04. The molecule has 0 amide bonds. The summed E-state index contributed by atoms with van der Waals surface area (Å²) in [7, 11) is 0. The molecule has 14 heavy (non-hydrogen) atoms. The molecule has 3 heteroatoms. The van der Waals surface area contributed by atoms with E-state index in [0.29, 0.717) is 6.10 Å². The molecule has 0 aromatic heterocycles. The quantitative estimate of drug-likeness (QED) is 0.603. The highest BCUT2D eigenvalue weighted by atomic mass is 16.5. The van der Waals surface area contributed by atoms with Crippen LogP contribution in [0.4, 0.5) is 0 Å². The maximum atomic E-state index is 6.29. The van der Waals surface area contributed by atoms with Crippen molar-refractivity contribution in [3.63, 3.8) is 0 Å². The predicted molar refractivity (Wildman–Crippen MR) is 55.1 cm³/mol. The zero-order chi connectivity index (χ0) is 9.43. The lowest BCUT2D eigenvalue weighted by atomic mass is 9.95. The van der Waals surface area contributed by atoms with Gasteiger partial charge in [-0.2, -0.15) is 0 Å². The second-order valence-electron chi connectivity index (χ2n) is 4.97. The molecule has 2 aliphatic heterocycles. The molecule has 3 aliphatic rings. The molecule has 3 fully saturated rings. The SMILES string of the molecule is C1CC2CNC3(CCNCC3)OC2C1. The fourth-order valence-electron chi connectivity index (χ4n) is 3.17. The van der Waals surface area contributed by atoms with Gasteiger partial charge in [0.2, 0.25) is 0 Å². The Bertz CT molecular complexity index is 213. The number of piperidine rings is 1. The molecular weight excluding hydrogens is 176 g/mol. The van der Waals surface area contributed by atoms with Crippen LogP contribution in [0.25, 0.3) is 0 Å². The summed E-state index contributed by atoms with van der Waals surface area (Å²) in [6, 6.07) is 0. The van der Waals surface area contributed by atoms with Crippen LogP contribution in [0.5, 0.6) is 0 Å². The van der Waals surface area contributed by atoms with Gasteiger partial charge in [-0.25, -0.2) is 0 Å². The van der Waals surface area contributed by atoms with Gasteiger partial charge in [0.25, 0.3) is 0 Å². The van der Waals surface area contributed by atoms with Crippen molar-refractivity contribution in [3.05, 3.63) is 0 Å². The van der Waals surface area contributed by atoms with Gasteiger partial charge in [0.1, 0.15) is 5.72 Å². The van der Waals surface area contributed by atoms with Gasteiger partial charge < -0.3 is 10.1 Å². The molecule has 0 aromatic rings. The van der Waals surface area contributed by atoms with E-state index in [0.717, 1.165) is 31.8 Å². The lowest BCUT2D eigenvalue weighted by molar-refractivity contribution is -0.169. The highest BCUT2D eigenvalue weighted by molar-refractivity contribution is 4.93. The number of nitrogens with one attached hydrogen (secondary N) is 2. The zero-order valence-electron chi connectivity index (χ0n) is 8.72. The second-order valence-corrected chi connectivity index (χ2v) is 4.97. The van der Waals surface area contributed by atoms with Crippen LogP contribution in [0, 0.1) is 5.92 Å². The van der Waals surface area contributed by atoms with Gasteiger partial charge in [-0.05, 0) is 31.8 Å². The second kappa shape index (κ2) is 3.47. The third kappa shape index (κ3) is 1.47. The van der Waals surface area contributed by atoms with Crippen LogP contribution in [0.1, 0.15) is 32.1 Å². The van der Waals surface area contributed by atoms with Gasteiger partial charge in [-0.15, -0.1) is 0 Å². The van der Waals surface area contributed by atoms with Crippen LogP contribution >= 0.6 is 0 Å². The van der Waals surface area contributed by atoms with E-state index in [1.807, 2.05) is 0 Å². The van der Waals surface area contributed by atoms with Crippen LogP contribution < -0.4 is 10.6 Å². The molecule has 2 heterocycles. The van der Waals surface area contributed by atoms with Crippen molar-refractivity contribution in [3.8, 4) is 0 Å². The monoisotopic (exact) mass is 196 g/mol. The van der Waals surface area contributed by atoms with E-state index in [1.165, 1.54) is 25.8 Å². The van der Waals surface area contributed by atoms with Crippen molar-refractivity contribution in [1.82, 2.24) is 10.6 Å². The summed E-state index contributed by atoms with van der Waals surface area (Å²) in [6.45, 7) is 3.39. The number of rotatable bonds is 0. The Labute approximate surface area is 85.6 Å². The Morgan fingerprint density at radius 1 is 1.14 bits per heavy atom. The van der Waals surface area contributed by atoms with E-state index < -0.39 is 0 Å². The van der Waals surface area contributed by atoms with Crippen molar-refractivity contribution in [2.24, 2.45) is 5.92 Å². The van der Waals surface area contributed by atoms with Crippen molar-refractivity contribution in [1.29, 1.82) is 0 Å². The Balaban J connectivity index is 1.70. The summed E-state index contributed by atoms with van der Waals surface area (Å²) >= 11 is 0. The molecule has 0 bridgehead atoms. The number of ether oxygens (including phenoxy) is 1. The molecule has 2 saturated heterocycles. The standard InChI is InChI=1S/C11H20N2O/c1-2-9-8-13-11(14-10(9)3-1)4-6-12-7-5-11/h9-10,12-13H,1-8H2. The first-order chi connectivity index (χ1) is 6.88. The number of hydrogen-bond donors (Lipinski definition) is 2. The minimum Gasteiger partial charge on any atom is -0.357 e. The minimum absolute atomic E-state index is 0.0384. The molecule has 0 radical (unpaired) electrons. The van der Waals surface area contributed by atoms with Crippen LogP contribution in [-0.4, -0.2) is 31.5 Å². The van der Waals surface area contributed by atoms with E-state index in [-0.39, 0.29) is 5.72 Å². The Morgan fingerprint density at radius 3 is 2.86 bits per heavy atom. The lowest BCUT2D eigenvalue weighted by Gasteiger charge is -2.46. The summed E-state index contributed by atoms with van der Waals surface area (Å²) in [5.41, 5.74) is 0.0384. The van der Waals surface area contributed by atoms with Crippen molar-refractivity contribution in [2.75, 3.05) is 19.6 Å². The maximum Gasteiger partial charge on any atom is 0.122 e. The molecule has 1 spiro atoms. The van der Waals surface area contributed by atoms with E-state index >= 15 is 0 Å². The summed E-state index contributed by atoms with van der Waals surface area (Å²) in [6.07, 6.45) is 6.86. The van der Waals surface area contributed by atoms with Crippen LogP contribution in [-0.2, 0) is 4.74 Å². The summed E-state index contributed by atoms with van der Waals surface area (Å²) in [5.74, 6) is 0.801. The molecule has 2 atom stereocenters. The summed E-state index contributed by atoms with van der Waals surface area (Å²) in [4.78, 5) is 0. The third-order valence-corrected chi connectivity index (χ3v) is 4.06. The van der Waals surface area contributed by atoms with Gasteiger partial charge in [-0.3, -0.25) is 5.32 Å². The molecule has 0 aromatic carbocycles. The first-order valence-corrected chi connectivity index (χ1v) is 6.02. The van der Waals surface area contributed by atoms with Gasteiger partial charge in [0, 0.05) is 19.4 Å². The predicted octanol–water partition coefficient (Wildman–Crippen LogP) is 0.855. The fourth-order valence-corrected chi connectivity index (χ4v) is 3.17. The van der Waals surface area contributed by atoms with Gasteiger partial charge in [0.15, 0.2) is 0 Å². The molecular formula is C11H20N2O. The van der Waals surface area contributed by atoms with E-state index in [9.17, 15) is 0 Å². The molecule has 1 saturated carbocycles. The van der Waals surface area contributed by atoms with Crippen LogP contribution in [0.15, 0.2) is 0 Å². The molecule has 80 valence electrons. The average Bonchev–Trinajstić information content (AvgIpc) is 2.66. The Hall–Kier alpha value is -0.120. The molecule has 3 nitrogen and oxygen atoms in total. The number of fused-ring (bicyclic) bond motifs is 1. The first-order valence-electron chi connectivity index (χ1n) is 6.02. The van der Waals surface area contributed by atoms with Gasteiger partial charge in [0.05, 0.1) is 6.10 Å². The smallest absolute Gasteiger partial charge is 0.122 e. The first kappa shape index (κ1) is 9.13. The van der Waals surface area contributed by atoms with Gasteiger partial charge in [-0.1, -0.05) is 6.42 Å². The number of hydrogen-bond acceptors (Lipinski definition) is 3. The van der Waals surface area contributed by atoms with E-state index in [2.05, 4.69) is 10.6 Å². The normalized spacial score (nSPS) is 41.1.